The van der Waals surface area contributed by atoms with Gasteiger partial charge in [-0.05, 0) is 11.6 Å². The highest BCUT2D eigenvalue weighted by Crippen LogP contribution is 2.25. The number of carbonyl (C=O) groups is 1. The first-order chi connectivity index (χ1) is 7.83. The zero-order valence-electron chi connectivity index (χ0n) is 8.93. The molecular weight excluding hydrogens is 202 g/mol. The third-order valence-electron chi connectivity index (χ3n) is 2.36. The van der Waals surface area contributed by atoms with Crippen molar-refractivity contribution in [2.45, 2.75) is 0 Å². The molecule has 0 saturated carbocycles. The van der Waals surface area contributed by atoms with E-state index in [-0.39, 0.29) is 12.7 Å². The summed E-state index contributed by atoms with van der Waals surface area (Å²) < 4.78 is 5.02. The summed E-state index contributed by atoms with van der Waals surface area (Å²) in [4.78, 5) is 13.4. The summed E-state index contributed by atoms with van der Waals surface area (Å²) >= 11 is 0. The van der Waals surface area contributed by atoms with Crippen LogP contribution in [-0.4, -0.2) is 19.2 Å². The van der Waals surface area contributed by atoms with Gasteiger partial charge in [-0.15, -0.1) is 0 Å². The van der Waals surface area contributed by atoms with Gasteiger partial charge >= 0.3 is 6.09 Å². The Balaban J connectivity index is 2.21. The van der Waals surface area contributed by atoms with Gasteiger partial charge in [0.05, 0.1) is 5.69 Å². The molecule has 0 unspecified atom stereocenters. The van der Waals surface area contributed by atoms with E-state index < -0.39 is 0 Å². The van der Waals surface area contributed by atoms with Crippen LogP contribution in [0.3, 0.4) is 0 Å². The summed E-state index contributed by atoms with van der Waals surface area (Å²) in [7, 11) is 0. The van der Waals surface area contributed by atoms with Crippen molar-refractivity contribution in [1.29, 1.82) is 0 Å². The molecule has 82 valence electrons. The highest BCUT2D eigenvalue weighted by molar-refractivity contribution is 5.92. The zero-order chi connectivity index (χ0) is 11.4. The number of hydrogen-bond acceptors (Lipinski definition) is 2. The maximum atomic E-state index is 11.7. The van der Waals surface area contributed by atoms with Crippen molar-refractivity contribution in [2.75, 3.05) is 18.1 Å². The minimum Gasteiger partial charge on any atom is -0.445 e. The third kappa shape index (κ3) is 1.98. The molecular formula is C13H13NO2. The molecule has 1 aliphatic heterocycles. The average molecular weight is 215 g/mol. The van der Waals surface area contributed by atoms with Gasteiger partial charge in [0.15, 0.2) is 0 Å². The van der Waals surface area contributed by atoms with E-state index in [4.69, 9.17) is 4.74 Å². The van der Waals surface area contributed by atoms with Crippen molar-refractivity contribution in [1.82, 2.24) is 0 Å². The number of para-hydroxylation sites is 1. The van der Waals surface area contributed by atoms with Crippen LogP contribution in [-0.2, 0) is 4.74 Å². The Morgan fingerprint density at radius 3 is 3.12 bits per heavy atom. The Kier molecular flexibility index (Phi) is 3.05. The number of hydrogen-bond donors (Lipinski definition) is 0. The van der Waals surface area contributed by atoms with E-state index in [1.165, 1.54) is 0 Å². The molecule has 0 spiro atoms. The molecule has 0 atom stereocenters. The maximum absolute atomic E-state index is 11.7. The fourth-order valence-electron chi connectivity index (χ4n) is 1.64. The standard InChI is InChI=1S/C13H13NO2/c1-2-10-16-13(15)14-9-5-7-11-6-3-4-8-12(11)14/h2-8H,1,9-10H2. The van der Waals surface area contributed by atoms with Crippen LogP contribution in [0.2, 0.25) is 0 Å². The first-order valence-electron chi connectivity index (χ1n) is 5.13. The molecule has 0 fully saturated rings. The lowest BCUT2D eigenvalue weighted by Crippen LogP contribution is -2.33. The molecule has 16 heavy (non-hydrogen) atoms. The fraction of sp³-hybridized carbons (Fsp3) is 0.154. The SMILES string of the molecule is C=CCOC(=O)N1CC=Cc2ccccc21. The number of fused-ring (bicyclic) bond motifs is 1. The molecule has 1 aliphatic rings. The Labute approximate surface area is 94.6 Å². The molecule has 3 nitrogen and oxygen atoms in total. The van der Waals surface area contributed by atoms with E-state index in [1.54, 1.807) is 11.0 Å². The van der Waals surface area contributed by atoms with Crippen molar-refractivity contribution >= 4 is 17.9 Å². The summed E-state index contributed by atoms with van der Waals surface area (Å²) in [6.07, 6.45) is 5.17. The Morgan fingerprint density at radius 2 is 2.31 bits per heavy atom. The van der Waals surface area contributed by atoms with Gasteiger partial charge in [-0.3, -0.25) is 4.90 Å². The molecule has 1 heterocycles. The second kappa shape index (κ2) is 4.66. The lowest BCUT2D eigenvalue weighted by atomic mass is 10.1. The van der Waals surface area contributed by atoms with E-state index >= 15 is 0 Å². The summed E-state index contributed by atoms with van der Waals surface area (Å²) in [5.41, 5.74) is 1.92. The molecule has 2 rings (SSSR count). The van der Waals surface area contributed by atoms with Crippen molar-refractivity contribution in [3.8, 4) is 0 Å². The molecule has 0 radical (unpaired) electrons. The number of anilines is 1. The fourth-order valence-corrected chi connectivity index (χ4v) is 1.64. The molecule has 1 aromatic rings. The largest absolute Gasteiger partial charge is 0.445 e. The quantitative estimate of drug-likeness (QED) is 0.710. The number of amides is 1. The van der Waals surface area contributed by atoms with Gasteiger partial charge in [-0.25, -0.2) is 4.79 Å². The summed E-state index contributed by atoms with van der Waals surface area (Å²) in [5.74, 6) is 0. The minimum atomic E-state index is -0.336. The topological polar surface area (TPSA) is 29.5 Å². The number of nitrogens with zero attached hydrogens (tertiary/aromatic N) is 1. The van der Waals surface area contributed by atoms with Gasteiger partial charge in [0, 0.05) is 6.54 Å². The molecule has 1 amide bonds. The van der Waals surface area contributed by atoms with Crippen LogP contribution in [0.4, 0.5) is 10.5 Å². The zero-order valence-corrected chi connectivity index (χ0v) is 8.93. The van der Waals surface area contributed by atoms with E-state index in [2.05, 4.69) is 6.58 Å². The molecule has 0 bridgehead atoms. The van der Waals surface area contributed by atoms with E-state index in [0.717, 1.165) is 11.3 Å². The number of carbonyl (C=O) groups excluding carboxylic acids is 1. The van der Waals surface area contributed by atoms with Gasteiger partial charge in [0.2, 0.25) is 0 Å². The van der Waals surface area contributed by atoms with Gasteiger partial charge in [0.1, 0.15) is 6.61 Å². The molecule has 1 aromatic carbocycles. The maximum Gasteiger partial charge on any atom is 0.414 e. The van der Waals surface area contributed by atoms with Crippen molar-refractivity contribution in [3.05, 3.63) is 48.6 Å². The van der Waals surface area contributed by atoms with Crippen LogP contribution in [0, 0.1) is 0 Å². The predicted molar refractivity (Wildman–Crippen MR) is 64.4 cm³/mol. The Bertz CT molecular complexity index is 437. The molecule has 0 aromatic heterocycles. The molecule has 0 saturated heterocycles. The van der Waals surface area contributed by atoms with Crippen molar-refractivity contribution < 1.29 is 9.53 Å². The lowest BCUT2D eigenvalue weighted by Gasteiger charge is -2.25. The highest BCUT2D eigenvalue weighted by Gasteiger charge is 2.19. The van der Waals surface area contributed by atoms with E-state index in [9.17, 15) is 4.79 Å². The smallest absolute Gasteiger partial charge is 0.414 e. The van der Waals surface area contributed by atoms with Gasteiger partial charge in [-0.1, -0.05) is 43.0 Å². The monoisotopic (exact) mass is 215 g/mol. The summed E-state index contributed by atoms with van der Waals surface area (Å²) in [6, 6.07) is 7.74. The van der Waals surface area contributed by atoms with Crippen LogP contribution in [0.1, 0.15) is 5.56 Å². The Hall–Kier alpha value is -2.03. The van der Waals surface area contributed by atoms with Crippen molar-refractivity contribution in [2.24, 2.45) is 0 Å². The highest BCUT2D eigenvalue weighted by atomic mass is 16.6. The van der Waals surface area contributed by atoms with Crippen LogP contribution < -0.4 is 4.90 Å². The van der Waals surface area contributed by atoms with Gasteiger partial charge < -0.3 is 4.74 Å². The number of rotatable bonds is 2. The summed E-state index contributed by atoms with van der Waals surface area (Å²) in [6.45, 7) is 4.30. The van der Waals surface area contributed by atoms with Crippen LogP contribution in [0.5, 0.6) is 0 Å². The summed E-state index contributed by atoms with van der Waals surface area (Å²) in [5, 5.41) is 0. The normalized spacial score (nSPS) is 13.1. The average Bonchev–Trinajstić information content (AvgIpc) is 2.35. The predicted octanol–water partition coefficient (Wildman–Crippen LogP) is 2.84. The van der Waals surface area contributed by atoms with Gasteiger partial charge in [-0.2, -0.15) is 0 Å². The van der Waals surface area contributed by atoms with E-state index in [0.29, 0.717) is 6.54 Å². The molecule has 0 aliphatic carbocycles. The first kappa shape index (κ1) is 10.5. The Morgan fingerprint density at radius 1 is 1.50 bits per heavy atom. The van der Waals surface area contributed by atoms with Crippen LogP contribution in [0.25, 0.3) is 6.08 Å². The number of benzene rings is 1. The lowest BCUT2D eigenvalue weighted by molar-refractivity contribution is 0.166. The molecule has 3 heteroatoms. The van der Waals surface area contributed by atoms with Crippen LogP contribution in [0.15, 0.2) is 43.0 Å². The van der Waals surface area contributed by atoms with Crippen LogP contribution >= 0.6 is 0 Å². The number of ether oxygens (including phenoxy) is 1. The minimum absolute atomic E-state index is 0.237. The first-order valence-corrected chi connectivity index (χ1v) is 5.13. The van der Waals surface area contributed by atoms with E-state index in [1.807, 2.05) is 36.4 Å². The van der Waals surface area contributed by atoms with Crippen molar-refractivity contribution in [3.63, 3.8) is 0 Å². The second-order valence-electron chi connectivity index (χ2n) is 3.44. The second-order valence-corrected chi connectivity index (χ2v) is 3.44. The molecule has 0 N–H and O–H groups in total. The third-order valence-corrected chi connectivity index (χ3v) is 2.36. The van der Waals surface area contributed by atoms with Gasteiger partial charge in [0.25, 0.3) is 0 Å².